The first-order valence-corrected chi connectivity index (χ1v) is 25.6. The van der Waals surface area contributed by atoms with E-state index in [1.807, 2.05) is 0 Å². The van der Waals surface area contributed by atoms with Crippen LogP contribution in [0.4, 0.5) is 0 Å². The van der Waals surface area contributed by atoms with Crippen molar-refractivity contribution in [3.05, 3.63) is 85.1 Å². The maximum atomic E-state index is 13.0. The van der Waals surface area contributed by atoms with Gasteiger partial charge in [0.1, 0.15) is 18.8 Å². The van der Waals surface area contributed by atoms with Crippen molar-refractivity contribution < 1.29 is 58.2 Å². The minimum atomic E-state index is -1.92. The Kier molecular flexibility index (Phi) is 39.3. The van der Waals surface area contributed by atoms with Gasteiger partial charge < -0.3 is 39.0 Å². The van der Waals surface area contributed by atoms with Crippen molar-refractivity contribution in [2.75, 3.05) is 13.2 Å². The average molecular weight is 941 g/mol. The van der Waals surface area contributed by atoms with Crippen molar-refractivity contribution >= 4 is 23.9 Å². The quantitative estimate of drug-likeness (QED) is 0.0229. The zero-order chi connectivity index (χ0) is 49.0. The van der Waals surface area contributed by atoms with Gasteiger partial charge in [0.15, 0.2) is 24.6 Å². The molecule has 1 fully saturated rings. The number of aliphatic carboxylic acids is 1. The second kappa shape index (κ2) is 43.2. The van der Waals surface area contributed by atoms with Crippen LogP contribution in [0.3, 0.4) is 0 Å². The molecule has 1 heterocycles. The number of carbonyl (C=O) groups excluding carboxylic acids is 3. The third-order valence-electron chi connectivity index (χ3n) is 11.0. The Morgan fingerprint density at radius 1 is 0.507 bits per heavy atom. The van der Waals surface area contributed by atoms with Crippen LogP contribution in [0, 0.1) is 0 Å². The molecule has 0 bridgehead atoms. The van der Waals surface area contributed by atoms with E-state index < -0.39 is 67.3 Å². The topological polar surface area (TPSA) is 175 Å². The molecule has 1 rings (SSSR count). The summed E-state index contributed by atoms with van der Waals surface area (Å²) >= 11 is 0. The summed E-state index contributed by atoms with van der Waals surface area (Å²) in [6.45, 7) is 5.64. The lowest BCUT2D eigenvalue weighted by Gasteiger charge is -2.40. The fourth-order valence-corrected chi connectivity index (χ4v) is 7.08. The van der Waals surface area contributed by atoms with Crippen LogP contribution < -0.4 is 0 Å². The summed E-state index contributed by atoms with van der Waals surface area (Å²) in [4.78, 5) is 50.7. The van der Waals surface area contributed by atoms with E-state index >= 15 is 0 Å². The van der Waals surface area contributed by atoms with Crippen molar-refractivity contribution in [2.45, 2.75) is 225 Å². The van der Waals surface area contributed by atoms with Crippen LogP contribution in [-0.2, 0) is 42.9 Å². The van der Waals surface area contributed by atoms with Gasteiger partial charge in [0, 0.05) is 19.3 Å². The molecule has 0 aromatic rings. The van der Waals surface area contributed by atoms with Crippen LogP contribution in [0.15, 0.2) is 85.1 Å². The lowest BCUT2D eigenvalue weighted by Crippen LogP contribution is -2.61. The zero-order valence-electron chi connectivity index (χ0n) is 41.4. The van der Waals surface area contributed by atoms with E-state index in [1.54, 1.807) is 0 Å². The Morgan fingerprint density at radius 3 is 1.46 bits per heavy atom. The van der Waals surface area contributed by atoms with E-state index in [4.69, 9.17) is 23.7 Å². The van der Waals surface area contributed by atoms with Crippen molar-refractivity contribution in [2.24, 2.45) is 0 Å². The Morgan fingerprint density at radius 2 is 0.940 bits per heavy atom. The van der Waals surface area contributed by atoms with Crippen molar-refractivity contribution in [1.29, 1.82) is 0 Å². The molecule has 12 nitrogen and oxygen atoms in total. The normalized spacial score (nSPS) is 19.6. The molecule has 0 spiro atoms. The molecule has 0 aromatic carbocycles. The first-order chi connectivity index (χ1) is 32.6. The number of hydrogen-bond donors (Lipinski definition) is 3. The molecule has 67 heavy (non-hydrogen) atoms. The lowest BCUT2D eigenvalue weighted by molar-refractivity contribution is -0.301. The summed E-state index contributed by atoms with van der Waals surface area (Å²) in [5, 5.41) is 31.3. The summed E-state index contributed by atoms with van der Waals surface area (Å²) in [5.41, 5.74) is 0. The molecule has 1 saturated heterocycles. The molecule has 6 atom stereocenters. The summed E-state index contributed by atoms with van der Waals surface area (Å²) < 4.78 is 28.2. The monoisotopic (exact) mass is 941 g/mol. The summed E-state index contributed by atoms with van der Waals surface area (Å²) in [7, 11) is 0. The maximum Gasteiger partial charge on any atom is 0.335 e. The molecule has 0 aromatic heterocycles. The fourth-order valence-electron chi connectivity index (χ4n) is 7.08. The van der Waals surface area contributed by atoms with Crippen LogP contribution >= 0.6 is 0 Å². The van der Waals surface area contributed by atoms with E-state index in [0.717, 1.165) is 96.3 Å². The van der Waals surface area contributed by atoms with E-state index in [9.17, 15) is 34.5 Å². The van der Waals surface area contributed by atoms with E-state index in [2.05, 4.69) is 106 Å². The van der Waals surface area contributed by atoms with E-state index in [-0.39, 0.29) is 25.9 Å². The van der Waals surface area contributed by atoms with Gasteiger partial charge in [0.05, 0.1) is 6.61 Å². The largest absolute Gasteiger partial charge is 0.479 e. The lowest BCUT2D eigenvalue weighted by atomic mass is 9.98. The van der Waals surface area contributed by atoms with Crippen molar-refractivity contribution in [1.82, 2.24) is 0 Å². The smallest absolute Gasteiger partial charge is 0.335 e. The number of aliphatic hydroxyl groups is 2. The fraction of sp³-hybridized carbons (Fsp3) is 0.673. The number of esters is 3. The molecule has 6 unspecified atom stereocenters. The molecule has 12 heteroatoms. The van der Waals surface area contributed by atoms with Gasteiger partial charge >= 0.3 is 23.9 Å². The molecule has 0 radical (unpaired) electrons. The number of hydrogen-bond acceptors (Lipinski definition) is 11. The maximum absolute atomic E-state index is 13.0. The second-order valence-corrected chi connectivity index (χ2v) is 17.0. The number of unbranched alkanes of at least 4 members (excludes halogenated alkanes) is 13. The zero-order valence-corrected chi connectivity index (χ0v) is 41.4. The Labute approximate surface area is 403 Å². The van der Waals surface area contributed by atoms with Gasteiger partial charge in [-0.2, -0.15) is 0 Å². The molecule has 1 aliphatic heterocycles. The van der Waals surface area contributed by atoms with Gasteiger partial charge in [-0.15, -0.1) is 0 Å². The van der Waals surface area contributed by atoms with Crippen LogP contribution in [0.5, 0.6) is 0 Å². The first-order valence-electron chi connectivity index (χ1n) is 25.6. The highest BCUT2D eigenvalue weighted by Crippen LogP contribution is 2.26. The van der Waals surface area contributed by atoms with Crippen LogP contribution in [0.1, 0.15) is 188 Å². The molecule has 0 amide bonds. The van der Waals surface area contributed by atoms with Crippen LogP contribution in [-0.4, -0.2) is 89.2 Å². The standard InChI is InChI=1S/C55H88O12/c1-4-7-10-13-16-19-21-23-24-26-27-30-32-35-38-41-47(56)63-44-46(65-48(57)42-39-36-33-29-18-15-12-9-6-3)45-64-55-53(51(60)50(59)52(67-55)54(61)62)66-49(58)43-40-37-34-31-28-25-22-20-17-14-11-8-5-2/h7-8,10-11,16-17,19-20,23-25,27-28,30,46,50-53,55,59-60H,4-6,9,12-15,18,21-22,26,29,31-45H2,1-3H3,(H,61,62)/b10-7-,11-8-,19-16-,20-17-,24-23-,28-25-,30-27-. The number of allylic oxidation sites excluding steroid dienone is 14. The minimum Gasteiger partial charge on any atom is -0.479 e. The number of rotatable bonds is 41. The summed E-state index contributed by atoms with van der Waals surface area (Å²) in [6.07, 6.45) is 41.6. The summed E-state index contributed by atoms with van der Waals surface area (Å²) in [5.74, 6) is -3.23. The highest BCUT2D eigenvalue weighted by molar-refractivity contribution is 5.74. The number of aliphatic hydroxyl groups excluding tert-OH is 2. The molecular formula is C55H88O12. The van der Waals surface area contributed by atoms with Gasteiger partial charge in [0.2, 0.25) is 0 Å². The second-order valence-electron chi connectivity index (χ2n) is 17.0. The van der Waals surface area contributed by atoms with Gasteiger partial charge in [-0.1, -0.05) is 164 Å². The van der Waals surface area contributed by atoms with Crippen LogP contribution in [0.25, 0.3) is 0 Å². The van der Waals surface area contributed by atoms with Gasteiger partial charge in [-0.3, -0.25) is 14.4 Å². The summed E-state index contributed by atoms with van der Waals surface area (Å²) in [6, 6.07) is 0. The molecular weight excluding hydrogens is 853 g/mol. The third kappa shape index (κ3) is 33.9. The number of carboxylic acids is 1. The predicted molar refractivity (Wildman–Crippen MR) is 266 cm³/mol. The molecule has 0 aliphatic carbocycles. The molecule has 0 saturated carbocycles. The average Bonchev–Trinajstić information content (AvgIpc) is 3.31. The molecule has 380 valence electrons. The highest BCUT2D eigenvalue weighted by Gasteiger charge is 2.50. The van der Waals surface area contributed by atoms with E-state index in [1.165, 1.54) is 32.1 Å². The van der Waals surface area contributed by atoms with Gasteiger partial charge in [-0.05, 0) is 89.9 Å². The van der Waals surface area contributed by atoms with Crippen molar-refractivity contribution in [3.63, 3.8) is 0 Å². The Balaban J connectivity index is 2.77. The molecule has 3 N–H and O–H groups in total. The number of carbonyl (C=O) groups is 4. The van der Waals surface area contributed by atoms with Crippen molar-refractivity contribution in [3.8, 4) is 0 Å². The molecule has 1 aliphatic rings. The van der Waals surface area contributed by atoms with Gasteiger partial charge in [-0.25, -0.2) is 4.79 Å². The van der Waals surface area contributed by atoms with Gasteiger partial charge in [0.25, 0.3) is 0 Å². The Bertz CT molecular complexity index is 1490. The predicted octanol–water partition coefficient (Wildman–Crippen LogP) is 12.0. The SMILES string of the molecule is CC/C=C\C/C=C\C/C=C\C/C=C\CCCCC(=O)OCC(COC1OC(C(=O)O)C(O)C(O)C1OC(=O)CCCCC/C=C\C/C=C\C/C=C\CC)OC(=O)CCCCCCCCCCC. The first kappa shape index (κ1) is 60.9. The van der Waals surface area contributed by atoms with Crippen LogP contribution in [0.2, 0.25) is 0 Å². The third-order valence-corrected chi connectivity index (χ3v) is 11.0. The number of carboxylic acid groups (broad SMARTS) is 1. The minimum absolute atomic E-state index is 0.0185. The number of ether oxygens (including phenoxy) is 5. The Hall–Kier alpha value is -4.10. The highest BCUT2D eigenvalue weighted by atomic mass is 16.7. The van der Waals surface area contributed by atoms with E-state index in [0.29, 0.717) is 19.3 Å².